The molecule has 13 heavy (non-hydrogen) atoms. The van der Waals surface area contributed by atoms with Gasteiger partial charge in [-0.25, -0.2) is 0 Å². The Morgan fingerprint density at radius 3 is 2.46 bits per heavy atom. The number of benzene rings is 1. The van der Waals surface area contributed by atoms with Crippen LogP contribution in [0.3, 0.4) is 0 Å². The van der Waals surface area contributed by atoms with Crippen LogP contribution in [0.5, 0.6) is 0 Å². The maximum absolute atomic E-state index is 4.62. The summed E-state index contributed by atoms with van der Waals surface area (Å²) in [6.07, 6.45) is 0. The van der Waals surface area contributed by atoms with E-state index in [4.69, 9.17) is 0 Å². The van der Waals surface area contributed by atoms with Crippen LogP contribution in [-0.2, 0) is 0 Å². The molecule has 2 aromatic rings. The molecule has 2 nitrogen and oxygen atoms in total. The van der Waals surface area contributed by atoms with Crippen molar-refractivity contribution in [1.29, 1.82) is 0 Å². The third-order valence-corrected chi connectivity index (χ3v) is 6.83. The number of aromatic nitrogens is 2. The number of aromatic amines is 1. The van der Waals surface area contributed by atoms with E-state index in [9.17, 15) is 0 Å². The quantitative estimate of drug-likeness (QED) is 0.797. The van der Waals surface area contributed by atoms with E-state index in [1.54, 1.807) is 0 Å². The summed E-state index contributed by atoms with van der Waals surface area (Å²) in [5.41, 5.74) is 2.27. The van der Waals surface area contributed by atoms with Gasteiger partial charge in [-0.1, -0.05) is 0 Å². The molecule has 0 aliphatic carbocycles. The molecule has 2 rings (SSSR count). The fourth-order valence-electron chi connectivity index (χ4n) is 1.31. The number of hydrogen-bond acceptors (Lipinski definition) is 1. The summed E-state index contributed by atoms with van der Waals surface area (Å²) in [6.45, 7) is 0. The summed E-state index contributed by atoms with van der Waals surface area (Å²) in [5, 5.41) is 0. The molecule has 3 heteroatoms. The van der Waals surface area contributed by atoms with E-state index in [2.05, 4.69) is 36.9 Å². The van der Waals surface area contributed by atoms with Crippen LogP contribution in [-0.4, -0.2) is 28.3 Å². The van der Waals surface area contributed by atoms with Crippen LogP contribution in [0, 0.1) is 0 Å². The van der Waals surface area contributed by atoms with E-state index in [-0.39, 0.29) is 0 Å². The Morgan fingerprint density at radius 2 is 1.85 bits per heavy atom. The topological polar surface area (TPSA) is 28.7 Å². The Kier molecular flexibility index (Phi) is 2.10. The zero-order valence-electron chi connectivity index (χ0n) is 8.26. The van der Waals surface area contributed by atoms with Crippen LogP contribution >= 0.6 is 0 Å². The number of fused-ring (bicyclic) bond motifs is 1. The van der Waals surface area contributed by atoms with Gasteiger partial charge in [-0.15, -0.1) is 0 Å². The van der Waals surface area contributed by atoms with E-state index in [1.165, 1.54) is 9.36 Å². The predicted molar refractivity (Wildman–Crippen MR) is 59.1 cm³/mol. The van der Waals surface area contributed by atoms with Gasteiger partial charge in [-0.05, 0) is 0 Å². The molecule has 0 saturated heterocycles. The molecule has 0 saturated carbocycles. The average Bonchev–Trinajstić information content (AvgIpc) is 2.45. The Bertz CT molecular complexity index is 393. The first-order valence-corrected chi connectivity index (χ1v) is 14.5. The third kappa shape index (κ3) is 1.72. The fraction of sp³-hybridized carbons (Fsp3) is 0.300. The molecule has 0 amide bonds. The molecule has 68 valence electrons. The summed E-state index contributed by atoms with van der Waals surface area (Å²) in [4.78, 5) is 15.1. The molecule has 0 fully saturated rings. The average molecular weight is 281 g/mol. The van der Waals surface area contributed by atoms with Crippen molar-refractivity contribution >= 4 is 33.3 Å². The predicted octanol–water partition coefficient (Wildman–Crippen LogP) is 2.11. The number of rotatable bonds is 1. The second kappa shape index (κ2) is 3.01. The van der Waals surface area contributed by atoms with Gasteiger partial charge in [-0.3, -0.25) is 0 Å². The van der Waals surface area contributed by atoms with E-state index >= 15 is 0 Å². The van der Waals surface area contributed by atoms with Crippen molar-refractivity contribution in [3.63, 3.8) is 0 Å². The molecule has 0 spiro atoms. The minimum atomic E-state index is -1.99. The molecule has 0 radical (unpaired) electrons. The van der Waals surface area contributed by atoms with Crippen LogP contribution in [0.25, 0.3) is 11.0 Å². The van der Waals surface area contributed by atoms with Crippen molar-refractivity contribution in [3.8, 4) is 0 Å². The van der Waals surface area contributed by atoms with Gasteiger partial charge in [-0.2, -0.15) is 0 Å². The van der Waals surface area contributed by atoms with Gasteiger partial charge >= 0.3 is 82.3 Å². The summed E-state index contributed by atoms with van der Waals surface area (Å²) in [5.74, 6) is 0. The van der Waals surface area contributed by atoms with Crippen molar-refractivity contribution in [2.24, 2.45) is 0 Å². The first-order valence-electron chi connectivity index (χ1n) is 4.52. The van der Waals surface area contributed by atoms with Crippen LogP contribution in [0.1, 0.15) is 0 Å². The van der Waals surface area contributed by atoms with Gasteiger partial charge in [0.15, 0.2) is 0 Å². The molecule has 1 aromatic carbocycles. The van der Waals surface area contributed by atoms with E-state index in [0.717, 1.165) is 5.52 Å². The van der Waals surface area contributed by atoms with Crippen molar-refractivity contribution in [1.82, 2.24) is 9.97 Å². The zero-order chi connectivity index (χ0) is 9.47. The second-order valence-electron chi connectivity index (χ2n) is 4.35. The third-order valence-electron chi connectivity index (χ3n) is 2.10. The van der Waals surface area contributed by atoms with Gasteiger partial charge in [0.25, 0.3) is 0 Å². The monoisotopic (exact) mass is 282 g/mol. The molecule has 1 aromatic heterocycles. The molecule has 0 aliphatic rings. The molecular formula is C10H14N2Sn. The molecule has 0 atom stereocenters. The van der Waals surface area contributed by atoms with Crippen molar-refractivity contribution in [2.45, 2.75) is 14.8 Å². The van der Waals surface area contributed by atoms with Crippen molar-refractivity contribution in [2.75, 3.05) is 0 Å². The van der Waals surface area contributed by atoms with Crippen LogP contribution < -0.4 is 3.84 Å². The maximum atomic E-state index is 4.62. The van der Waals surface area contributed by atoms with E-state index in [0.29, 0.717) is 0 Å². The summed E-state index contributed by atoms with van der Waals surface area (Å²) in [7, 11) is 0. The zero-order valence-corrected chi connectivity index (χ0v) is 11.1. The number of nitrogens with zero attached hydrogens (tertiary/aromatic N) is 1. The van der Waals surface area contributed by atoms with E-state index in [1.807, 2.05) is 12.1 Å². The Hall–Kier alpha value is -0.511. The summed E-state index contributed by atoms with van der Waals surface area (Å²) >= 11 is -1.99. The fourth-order valence-corrected chi connectivity index (χ4v) is 4.06. The molecular weight excluding hydrogens is 267 g/mol. The molecule has 0 aliphatic heterocycles. The Labute approximate surface area is 82.3 Å². The van der Waals surface area contributed by atoms with Crippen LogP contribution in [0.15, 0.2) is 24.3 Å². The number of H-pyrrole nitrogens is 1. The van der Waals surface area contributed by atoms with Gasteiger partial charge in [0.1, 0.15) is 0 Å². The number of hydrogen-bond donors (Lipinski definition) is 1. The standard InChI is InChI=1S/C7H5N2.3CH3.Sn/c1-2-4-7-6(3-1)8-5-9-7;;;;/h1-4H,(H,8,9);3*1H3;. The van der Waals surface area contributed by atoms with Crippen molar-refractivity contribution < 1.29 is 0 Å². The first kappa shape index (κ1) is 9.06. The van der Waals surface area contributed by atoms with Gasteiger partial charge in [0.2, 0.25) is 0 Å². The Balaban J connectivity index is 2.63. The molecule has 1 heterocycles. The second-order valence-corrected chi connectivity index (χ2v) is 18.5. The molecule has 0 bridgehead atoms. The molecule has 1 N–H and O–H groups in total. The number of imidazole rings is 1. The van der Waals surface area contributed by atoms with E-state index < -0.39 is 18.4 Å². The van der Waals surface area contributed by atoms with Crippen LogP contribution in [0.2, 0.25) is 14.8 Å². The van der Waals surface area contributed by atoms with Gasteiger partial charge < -0.3 is 0 Å². The van der Waals surface area contributed by atoms with Gasteiger partial charge in [0.05, 0.1) is 0 Å². The Morgan fingerprint density at radius 1 is 1.15 bits per heavy atom. The summed E-state index contributed by atoms with van der Waals surface area (Å²) < 4.78 is 1.26. The normalized spacial score (nSPS) is 12.2. The number of nitrogens with one attached hydrogen (secondary N) is 1. The molecule has 0 unspecified atom stereocenters. The van der Waals surface area contributed by atoms with Crippen molar-refractivity contribution in [3.05, 3.63) is 24.3 Å². The summed E-state index contributed by atoms with van der Waals surface area (Å²) in [6, 6.07) is 8.23. The van der Waals surface area contributed by atoms with Gasteiger partial charge in [0, 0.05) is 0 Å². The number of para-hydroxylation sites is 2. The first-order chi connectivity index (χ1) is 6.07. The minimum absolute atomic E-state index is 1.10. The van der Waals surface area contributed by atoms with Crippen LogP contribution in [0.4, 0.5) is 0 Å². The SMILES string of the molecule is [CH3][Sn]([CH3])([CH3])[c]1nc2ccccc2[nH]1.